The fraction of sp³-hybridized carbons (Fsp3) is 0.458. The summed E-state index contributed by atoms with van der Waals surface area (Å²) in [6.07, 6.45) is 11.5. The Morgan fingerprint density at radius 1 is 0.967 bits per heavy atom. The standard InChI is InChI=1S/C24H32N4O.HI/c1-2-7-20(8-3-1)19-28-16-13-22(14-17-28)27-24(26-21-9-4-5-10-21)25-15-12-23-11-6-18-29-23;/h1-8,11,18,21-22H,9-10,12-17,19H2,(H2,25,26,27);1H. The smallest absolute Gasteiger partial charge is 0.191 e. The summed E-state index contributed by atoms with van der Waals surface area (Å²) in [5, 5.41) is 7.33. The molecule has 0 amide bonds. The van der Waals surface area contributed by atoms with Gasteiger partial charge in [0.05, 0.1) is 6.26 Å². The van der Waals surface area contributed by atoms with Crippen LogP contribution in [0.5, 0.6) is 0 Å². The summed E-state index contributed by atoms with van der Waals surface area (Å²) < 4.78 is 5.43. The van der Waals surface area contributed by atoms with Crippen LogP contribution in [0.15, 0.2) is 70.3 Å². The van der Waals surface area contributed by atoms with Crippen molar-refractivity contribution in [2.75, 3.05) is 19.6 Å². The first-order valence-electron chi connectivity index (χ1n) is 10.9. The lowest BCUT2D eigenvalue weighted by Gasteiger charge is -2.33. The third-order valence-electron chi connectivity index (χ3n) is 5.73. The number of hydrogen-bond donors (Lipinski definition) is 2. The van der Waals surface area contributed by atoms with Crippen molar-refractivity contribution in [3.05, 3.63) is 72.2 Å². The van der Waals surface area contributed by atoms with Crippen LogP contribution >= 0.6 is 24.0 Å². The van der Waals surface area contributed by atoms with Crippen LogP contribution in [0.3, 0.4) is 0 Å². The van der Waals surface area contributed by atoms with E-state index in [0.29, 0.717) is 12.1 Å². The number of hydrogen-bond acceptors (Lipinski definition) is 3. The van der Waals surface area contributed by atoms with Gasteiger partial charge in [-0.05, 0) is 43.4 Å². The third kappa shape index (κ3) is 7.16. The molecule has 0 bridgehead atoms. The number of halogens is 1. The molecule has 2 aromatic rings. The molecule has 162 valence electrons. The van der Waals surface area contributed by atoms with Gasteiger partial charge in [0.15, 0.2) is 5.96 Å². The molecule has 1 aromatic carbocycles. The van der Waals surface area contributed by atoms with Gasteiger partial charge in [-0.3, -0.25) is 9.89 Å². The van der Waals surface area contributed by atoms with E-state index < -0.39 is 0 Å². The summed E-state index contributed by atoms with van der Waals surface area (Å²) in [6, 6.07) is 15.6. The lowest BCUT2D eigenvalue weighted by Crippen LogP contribution is -2.50. The molecule has 0 spiro atoms. The molecule has 1 saturated heterocycles. The summed E-state index contributed by atoms with van der Waals surface area (Å²) in [4.78, 5) is 7.39. The molecule has 0 unspecified atom stereocenters. The molecule has 0 atom stereocenters. The highest BCUT2D eigenvalue weighted by molar-refractivity contribution is 14.0. The molecule has 2 N–H and O–H groups in total. The van der Waals surface area contributed by atoms with E-state index >= 15 is 0 Å². The molecule has 1 fully saturated rings. The molecule has 2 aliphatic rings. The van der Waals surface area contributed by atoms with E-state index in [0.717, 1.165) is 70.0 Å². The zero-order valence-electron chi connectivity index (χ0n) is 17.5. The average Bonchev–Trinajstić information content (AvgIpc) is 3.45. The minimum atomic E-state index is 0. The Bertz CT molecular complexity index is 775. The van der Waals surface area contributed by atoms with Crippen LogP contribution in [0.1, 0.15) is 37.0 Å². The van der Waals surface area contributed by atoms with Crippen molar-refractivity contribution in [1.29, 1.82) is 0 Å². The zero-order valence-corrected chi connectivity index (χ0v) is 19.8. The molecule has 1 aromatic heterocycles. The van der Waals surface area contributed by atoms with Crippen LogP contribution < -0.4 is 10.6 Å². The highest BCUT2D eigenvalue weighted by atomic mass is 127. The van der Waals surface area contributed by atoms with Gasteiger partial charge in [-0.15, -0.1) is 24.0 Å². The quantitative estimate of drug-likeness (QED) is 0.247. The second-order valence-electron chi connectivity index (χ2n) is 8.02. The fourth-order valence-corrected chi connectivity index (χ4v) is 4.06. The van der Waals surface area contributed by atoms with Gasteiger partial charge in [-0.25, -0.2) is 0 Å². The average molecular weight is 520 g/mol. The van der Waals surface area contributed by atoms with Crippen LogP contribution in [0.25, 0.3) is 0 Å². The van der Waals surface area contributed by atoms with Gasteiger partial charge in [-0.2, -0.15) is 0 Å². The van der Waals surface area contributed by atoms with Gasteiger partial charge in [0.2, 0.25) is 0 Å². The normalized spacial score (nSPS) is 18.3. The number of nitrogens with zero attached hydrogens (tertiary/aromatic N) is 2. The molecule has 0 saturated carbocycles. The second kappa shape index (κ2) is 12.2. The van der Waals surface area contributed by atoms with Gasteiger partial charge in [0.1, 0.15) is 5.76 Å². The number of nitrogens with one attached hydrogen (secondary N) is 2. The minimum absolute atomic E-state index is 0. The van der Waals surface area contributed by atoms with Crippen LogP contribution in [0.2, 0.25) is 0 Å². The molecule has 30 heavy (non-hydrogen) atoms. The fourth-order valence-electron chi connectivity index (χ4n) is 4.06. The topological polar surface area (TPSA) is 52.8 Å². The Kier molecular flexibility index (Phi) is 9.27. The minimum Gasteiger partial charge on any atom is -0.469 e. The number of benzene rings is 1. The van der Waals surface area contributed by atoms with Gasteiger partial charge >= 0.3 is 0 Å². The van der Waals surface area contributed by atoms with E-state index in [9.17, 15) is 0 Å². The maximum atomic E-state index is 5.43. The van der Waals surface area contributed by atoms with Gasteiger partial charge < -0.3 is 15.1 Å². The summed E-state index contributed by atoms with van der Waals surface area (Å²) in [5.74, 6) is 1.94. The van der Waals surface area contributed by atoms with E-state index in [1.807, 2.05) is 12.1 Å². The van der Waals surface area contributed by atoms with E-state index in [2.05, 4.69) is 58.0 Å². The Balaban J connectivity index is 0.00000256. The largest absolute Gasteiger partial charge is 0.469 e. The maximum absolute atomic E-state index is 5.43. The number of furan rings is 1. The number of likely N-dealkylation sites (tertiary alicyclic amines) is 1. The molecule has 1 aliphatic carbocycles. The predicted molar refractivity (Wildman–Crippen MR) is 133 cm³/mol. The van der Waals surface area contributed by atoms with E-state index in [1.54, 1.807) is 6.26 Å². The van der Waals surface area contributed by atoms with Crippen LogP contribution in [-0.4, -0.2) is 42.6 Å². The van der Waals surface area contributed by atoms with Crippen molar-refractivity contribution >= 4 is 29.9 Å². The van der Waals surface area contributed by atoms with Crippen molar-refractivity contribution in [3.8, 4) is 0 Å². The lowest BCUT2D eigenvalue weighted by atomic mass is 10.0. The summed E-state index contributed by atoms with van der Waals surface area (Å²) in [6.45, 7) is 4.02. The van der Waals surface area contributed by atoms with Crippen molar-refractivity contribution in [3.63, 3.8) is 0 Å². The van der Waals surface area contributed by atoms with Crippen LogP contribution in [-0.2, 0) is 13.0 Å². The van der Waals surface area contributed by atoms with Crippen LogP contribution in [0.4, 0.5) is 0 Å². The SMILES string of the molecule is C1=CCC(NC(=NCCc2ccco2)NC2CCN(Cc3ccccc3)CC2)C1.I. The molecule has 4 rings (SSSR count). The van der Waals surface area contributed by atoms with Gasteiger partial charge in [0, 0.05) is 44.7 Å². The van der Waals surface area contributed by atoms with E-state index in [-0.39, 0.29) is 24.0 Å². The van der Waals surface area contributed by atoms with Crippen LogP contribution in [0, 0.1) is 0 Å². The number of aliphatic imine (C=N–C) groups is 1. The lowest BCUT2D eigenvalue weighted by molar-refractivity contribution is 0.198. The summed E-state index contributed by atoms with van der Waals surface area (Å²) >= 11 is 0. The Morgan fingerprint density at radius 2 is 1.70 bits per heavy atom. The Morgan fingerprint density at radius 3 is 2.40 bits per heavy atom. The summed E-state index contributed by atoms with van der Waals surface area (Å²) in [7, 11) is 0. The highest BCUT2D eigenvalue weighted by Gasteiger charge is 2.21. The van der Waals surface area contributed by atoms with Gasteiger partial charge in [-0.1, -0.05) is 42.5 Å². The number of guanidine groups is 1. The van der Waals surface area contributed by atoms with E-state index in [1.165, 1.54) is 5.56 Å². The zero-order chi connectivity index (χ0) is 19.7. The first-order chi connectivity index (χ1) is 14.3. The van der Waals surface area contributed by atoms with Crippen molar-refractivity contribution in [1.82, 2.24) is 15.5 Å². The first kappa shape index (κ1) is 22.9. The van der Waals surface area contributed by atoms with Gasteiger partial charge in [0.25, 0.3) is 0 Å². The molecule has 6 heteroatoms. The highest BCUT2D eigenvalue weighted by Crippen LogP contribution is 2.14. The number of rotatable bonds is 7. The third-order valence-corrected chi connectivity index (χ3v) is 5.73. The molecule has 1 aliphatic heterocycles. The Hall–Kier alpha value is -1.80. The molecule has 0 radical (unpaired) electrons. The Labute approximate surface area is 197 Å². The maximum Gasteiger partial charge on any atom is 0.191 e. The predicted octanol–water partition coefficient (Wildman–Crippen LogP) is 4.36. The van der Waals surface area contributed by atoms with Crippen molar-refractivity contribution < 1.29 is 4.42 Å². The molecular weight excluding hydrogens is 487 g/mol. The number of piperidine rings is 1. The first-order valence-corrected chi connectivity index (χ1v) is 10.9. The monoisotopic (exact) mass is 520 g/mol. The van der Waals surface area contributed by atoms with Crippen molar-refractivity contribution in [2.45, 2.75) is 50.7 Å². The van der Waals surface area contributed by atoms with E-state index in [4.69, 9.17) is 9.41 Å². The molecule has 5 nitrogen and oxygen atoms in total. The summed E-state index contributed by atoms with van der Waals surface area (Å²) in [5.41, 5.74) is 1.40. The molecule has 2 heterocycles. The van der Waals surface area contributed by atoms with Crippen molar-refractivity contribution in [2.24, 2.45) is 4.99 Å². The molecular formula is C24H33IN4O. The second-order valence-corrected chi connectivity index (χ2v) is 8.02.